The molecule has 1 saturated heterocycles. The molecule has 0 amide bonds. The molecule has 2 rings (SSSR count). The van der Waals surface area contributed by atoms with Crippen LogP contribution < -0.4 is 4.90 Å². The van der Waals surface area contributed by atoms with E-state index in [0.29, 0.717) is 24.7 Å². The number of anilines is 1. The fourth-order valence-electron chi connectivity index (χ4n) is 2.66. The molecular formula is C13H19N3O3S. The number of rotatable bonds is 4. The molecule has 110 valence electrons. The Bertz CT molecular complexity index is 531. The molecule has 0 aromatic carbocycles. The topological polar surface area (TPSA) is 76.3 Å². The van der Waals surface area contributed by atoms with Gasteiger partial charge in [0.2, 0.25) is 5.82 Å². The van der Waals surface area contributed by atoms with Gasteiger partial charge in [0.15, 0.2) is 0 Å². The Morgan fingerprint density at radius 3 is 2.80 bits per heavy atom. The van der Waals surface area contributed by atoms with Crippen LogP contribution in [-0.4, -0.2) is 37.7 Å². The van der Waals surface area contributed by atoms with Gasteiger partial charge in [-0.2, -0.15) is 0 Å². The summed E-state index contributed by atoms with van der Waals surface area (Å²) < 4.78 is 12.0. The van der Waals surface area contributed by atoms with Gasteiger partial charge in [0.25, 0.3) is 0 Å². The molecule has 0 N–H and O–H groups in total. The average Bonchev–Trinajstić information content (AvgIpc) is 2.48. The van der Waals surface area contributed by atoms with E-state index in [4.69, 9.17) is 0 Å². The highest BCUT2D eigenvalue weighted by Gasteiger charge is 2.40. The van der Waals surface area contributed by atoms with Crippen molar-refractivity contribution < 1.29 is 9.13 Å². The third kappa shape index (κ3) is 2.54. The summed E-state index contributed by atoms with van der Waals surface area (Å²) in [4.78, 5) is 16.8. The predicted molar refractivity (Wildman–Crippen MR) is 79.4 cm³/mol. The zero-order chi connectivity index (χ0) is 14.8. The minimum Gasteiger partial charge on any atom is -0.348 e. The van der Waals surface area contributed by atoms with Crippen LogP contribution >= 0.6 is 0 Å². The first-order chi connectivity index (χ1) is 9.54. The zero-order valence-corrected chi connectivity index (χ0v) is 12.6. The first-order valence-corrected chi connectivity index (χ1v) is 8.09. The third-order valence-electron chi connectivity index (χ3n) is 4.06. The number of nitro groups is 1. The van der Waals surface area contributed by atoms with Crippen molar-refractivity contribution in [2.24, 2.45) is 0 Å². The van der Waals surface area contributed by atoms with Crippen LogP contribution in [0.15, 0.2) is 18.3 Å². The molecule has 1 aromatic rings. The number of pyridine rings is 1. The first kappa shape index (κ1) is 14.9. The molecule has 1 aliphatic rings. The molecule has 0 bridgehead atoms. The maximum absolute atomic E-state index is 12.3. The van der Waals surface area contributed by atoms with Crippen LogP contribution in [0.2, 0.25) is 0 Å². The van der Waals surface area contributed by atoms with Crippen molar-refractivity contribution in [2.45, 2.75) is 31.4 Å². The molecule has 1 aromatic heterocycles. The summed E-state index contributed by atoms with van der Waals surface area (Å²) >= 11 is 0. The van der Waals surface area contributed by atoms with Crippen molar-refractivity contribution >= 4 is 22.3 Å². The van der Waals surface area contributed by atoms with Crippen molar-refractivity contribution in [3.8, 4) is 0 Å². The van der Waals surface area contributed by atoms with E-state index in [2.05, 4.69) is 4.98 Å². The second-order valence-corrected chi connectivity index (χ2v) is 6.93. The molecule has 1 atom stereocenters. The fraction of sp³-hybridized carbons (Fsp3) is 0.615. The summed E-state index contributed by atoms with van der Waals surface area (Å²) in [6, 6.07) is 3.03. The van der Waals surface area contributed by atoms with Gasteiger partial charge in [-0.1, -0.05) is 13.8 Å². The molecule has 0 radical (unpaired) electrons. The quantitative estimate of drug-likeness (QED) is 0.628. The maximum Gasteiger partial charge on any atom is 0.311 e. The van der Waals surface area contributed by atoms with Gasteiger partial charge in [0.1, 0.15) is 0 Å². The van der Waals surface area contributed by atoms with Crippen molar-refractivity contribution in [2.75, 3.05) is 23.7 Å². The highest BCUT2D eigenvalue weighted by Crippen LogP contribution is 2.33. The van der Waals surface area contributed by atoms with Crippen molar-refractivity contribution in [3.63, 3.8) is 0 Å². The summed E-state index contributed by atoms with van der Waals surface area (Å²) in [7, 11) is -0.888. The van der Waals surface area contributed by atoms with E-state index < -0.39 is 15.7 Å². The standard InChI is InChI=1S/C13H19N3O3S/c1-3-13(4-2)10-15(8-9-20(13)19)12-11(16(17)18)6-5-7-14-12/h5-7H,3-4,8-10H2,1-2H3. The number of hydrogen-bond acceptors (Lipinski definition) is 5. The van der Waals surface area contributed by atoms with Gasteiger partial charge in [0.05, 0.1) is 9.67 Å². The number of nitrogens with zero attached hydrogens (tertiary/aromatic N) is 3. The molecular weight excluding hydrogens is 278 g/mol. The predicted octanol–water partition coefficient (Wildman–Crippen LogP) is 2.12. The minimum absolute atomic E-state index is 0.0151. The Labute approximate surface area is 120 Å². The Kier molecular flexibility index (Phi) is 4.37. The van der Waals surface area contributed by atoms with E-state index >= 15 is 0 Å². The molecule has 2 heterocycles. The summed E-state index contributed by atoms with van der Waals surface area (Å²) in [6.45, 7) is 5.16. The van der Waals surface area contributed by atoms with Crippen molar-refractivity contribution in [3.05, 3.63) is 28.4 Å². The van der Waals surface area contributed by atoms with E-state index in [9.17, 15) is 14.3 Å². The SMILES string of the molecule is CCC1(CC)CN(c2ncccc2[N+](=O)[O-])CCS1=O. The fourth-order valence-corrected chi connectivity index (χ4v) is 4.42. The van der Waals surface area contributed by atoms with Crippen LogP contribution in [0.5, 0.6) is 0 Å². The summed E-state index contributed by atoms with van der Waals surface area (Å²) in [5, 5.41) is 11.1. The average molecular weight is 297 g/mol. The Balaban J connectivity index is 2.35. The van der Waals surface area contributed by atoms with E-state index in [1.165, 1.54) is 6.07 Å². The third-order valence-corrected chi connectivity index (χ3v) is 6.29. The molecule has 7 heteroatoms. The molecule has 1 unspecified atom stereocenters. The van der Waals surface area contributed by atoms with Gasteiger partial charge in [0, 0.05) is 41.9 Å². The van der Waals surface area contributed by atoms with Crippen LogP contribution in [0.4, 0.5) is 11.5 Å². The number of hydrogen-bond donors (Lipinski definition) is 0. The molecule has 6 nitrogen and oxygen atoms in total. The van der Waals surface area contributed by atoms with Gasteiger partial charge in [-0.05, 0) is 18.9 Å². The lowest BCUT2D eigenvalue weighted by Crippen LogP contribution is -2.53. The van der Waals surface area contributed by atoms with Crippen LogP contribution in [0.1, 0.15) is 26.7 Å². The zero-order valence-electron chi connectivity index (χ0n) is 11.7. The smallest absolute Gasteiger partial charge is 0.311 e. The van der Waals surface area contributed by atoms with Gasteiger partial charge in [-0.25, -0.2) is 4.98 Å². The molecule has 0 aliphatic carbocycles. The van der Waals surface area contributed by atoms with Gasteiger partial charge < -0.3 is 4.90 Å². The van der Waals surface area contributed by atoms with Gasteiger partial charge in [-0.3, -0.25) is 14.3 Å². The Morgan fingerprint density at radius 2 is 2.20 bits per heavy atom. The second-order valence-electron chi connectivity index (χ2n) is 4.96. The van der Waals surface area contributed by atoms with Crippen molar-refractivity contribution in [1.29, 1.82) is 0 Å². The lowest BCUT2D eigenvalue weighted by molar-refractivity contribution is -0.384. The monoisotopic (exact) mass is 297 g/mol. The summed E-state index contributed by atoms with van der Waals surface area (Å²) in [5.74, 6) is 0.926. The maximum atomic E-state index is 12.3. The van der Waals surface area contributed by atoms with Crippen LogP contribution in [0, 0.1) is 10.1 Å². The lowest BCUT2D eigenvalue weighted by Gasteiger charge is -2.41. The molecule has 1 fully saturated rings. The Morgan fingerprint density at radius 1 is 1.50 bits per heavy atom. The Hall–Kier alpha value is -1.50. The molecule has 0 spiro atoms. The lowest BCUT2D eigenvalue weighted by atomic mass is 10.0. The summed E-state index contributed by atoms with van der Waals surface area (Å²) in [6.07, 6.45) is 3.16. The normalized spacial score (nSPS) is 21.7. The highest BCUT2D eigenvalue weighted by molar-refractivity contribution is 7.86. The van der Waals surface area contributed by atoms with Crippen LogP contribution in [0.25, 0.3) is 0 Å². The van der Waals surface area contributed by atoms with Crippen molar-refractivity contribution in [1.82, 2.24) is 4.98 Å². The van der Waals surface area contributed by atoms with Crippen LogP contribution in [0.3, 0.4) is 0 Å². The number of aromatic nitrogens is 1. The largest absolute Gasteiger partial charge is 0.348 e. The summed E-state index contributed by atoms with van der Waals surface area (Å²) in [5.41, 5.74) is 0.0151. The minimum atomic E-state index is -0.888. The van der Waals surface area contributed by atoms with E-state index in [0.717, 1.165) is 12.8 Å². The molecule has 1 aliphatic heterocycles. The molecule has 20 heavy (non-hydrogen) atoms. The highest BCUT2D eigenvalue weighted by atomic mass is 32.2. The second kappa shape index (κ2) is 5.87. The van der Waals surface area contributed by atoms with Gasteiger partial charge >= 0.3 is 5.69 Å². The molecule has 0 saturated carbocycles. The van der Waals surface area contributed by atoms with E-state index in [1.807, 2.05) is 18.7 Å². The first-order valence-electron chi connectivity index (χ1n) is 6.77. The van der Waals surface area contributed by atoms with Gasteiger partial charge in [-0.15, -0.1) is 0 Å². The van der Waals surface area contributed by atoms with E-state index in [1.54, 1.807) is 12.3 Å². The van der Waals surface area contributed by atoms with Crippen LogP contribution in [-0.2, 0) is 10.8 Å². The van der Waals surface area contributed by atoms with E-state index in [-0.39, 0.29) is 10.4 Å².